The average molecular weight is 241 g/mol. The number of aliphatic hydroxyl groups is 1. The third-order valence-electron chi connectivity index (χ3n) is 3.08. The molecule has 2 unspecified atom stereocenters. The van der Waals surface area contributed by atoms with Gasteiger partial charge in [-0.25, -0.2) is 4.39 Å². The molecule has 0 aliphatic heterocycles. The van der Waals surface area contributed by atoms with Gasteiger partial charge >= 0.3 is 0 Å². The highest BCUT2D eigenvalue weighted by Crippen LogP contribution is 2.32. The third-order valence-corrected chi connectivity index (χ3v) is 3.08. The normalized spacial score (nSPS) is 14.8. The van der Waals surface area contributed by atoms with E-state index in [2.05, 4.69) is 0 Å². The van der Waals surface area contributed by atoms with E-state index in [0.717, 1.165) is 0 Å². The fraction of sp³-hybridized carbons (Fsp3) is 0.538. The van der Waals surface area contributed by atoms with E-state index in [1.807, 2.05) is 13.8 Å². The van der Waals surface area contributed by atoms with E-state index in [4.69, 9.17) is 10.5 Å². The highest BCUT2D eigenvalue weighted by molar-refractivity contribution is 5.36. The van der Waals surface area contributed by atoms with E-state index < -0.39 is 6.04 Å². The minimum atomic E-state index is -0.439. The summed E-state index contributed by atoms with van der Waals surface area (Å²) in [5.41, 5.74) is 6.69. The molecule has 2 atom stereocenters. The molecule has 0 amide bonds. The van der Waals surface area contributed by atoms with Gasteiger partial charge in [0.1, 0.15) is 11.6 Å². The SMILES string of the molecule is COc1ccc(F)cc1C(N)C(CO)C(C)C. The third kappa shape index (κ3) is 3.17. The largest absolute Gasteiger partial charge is 0.496 e. The molecule has 0 aliphatic rings. The van der Waals surface area contributed by atoms with Crippen molar-refractivity contribution in [1.82, 2.24) is 0 Å². The number of rotatable bonds is 5. The van der Waals surface area contributed by atoms with Crippen LogP contribution in [0.5, 0.6) is 5.75 Å². The molecule has 0 bridgehead atoms. The molecule has 96 valence electrons. The Morgan fingerprint density at radius 3 is 2.53 bits per heavy atom. The number of methoxy groups -OCH3 is 1. The Kier molecular flexibility index (Phi) is 4.90. The van der Waals surface area contributed by atoms with Crippen molar-refractivity contribution in [2.24, 2.45) is 17.6 Å². The van der Waals surface area contributed by atoms with Gasteiger partial charge in [0.2, 0.25) is 0 Å². The van der Waals surface area contributed by atoms with Gasteiger partial charge in [0.05, 0.1) is 7.11 Å². The molecule has 0 saturated carbocycles. The number of hydrogen-bond donors (Lipinski definition) is 2. The number of benzene rings is 1. The highest BCUT2D eigenvalue weighted by atomic mass is 19.1. The zero-order chi connectivity index (χ0) is 13.0. The summed E-state index contributed by atoms with van der Waals surface area (Å²) < 4.78 is 18.4. The van der Waals surface area contributed by atoms with Gasteiger partial charge < -0.3 is 15.6 Å². The molecule has 0 aliphatic carbocycles. The van der Waals surface area contributed by atoms with E-state index in [1.54, 1.807) is 6.07 Å². The van der Waals surface area contributed by atoms with Gasteiger partial charge in [-0.15, -0.1) is 0 Å². The van der Waals surface area contributed by atoms with Crippen LogP contribution in [-0.2, 0) is 0 Å². The lowest BCUT2D eigenvalue weighted by molar-refractivity contribution is 0.164. The van der Waals surface area contributed by atoms with Crippen molar-refractivity contribution in [2.45, 2.75) is 19.9 Å². The zero-order valence-corrected chi connectivity index (χ0v) is 10.5. The number of nitrogens with two attached hydrogens (primary N) is 1. The monoisotopic (exact) mass is 241 g/mol. The fourth-order valence-corrected chi connectivity index (χ4v) is 1.94. The second kappa shape index (κ2) is 5.98. The molecule has 0 spiro atoms. The molecule has 1 aromatic rings. The van der Waals surface area contributed by atoms with Gasteiger partial charge in [-0.3, -0.25) is 0 Å². The number of halogens is 1. The molecule has 0 saturated heterocycles. The Hall–Kier alpha value is -1.13. The summed E-state index contributed by atoms with van der Waals surface area (Å²) in [6.45, 7) is 3.93. The second-order valence-electron chi connectivity index (χ2n) is 4.50. The first-order chi connectivity index (χ1) is 8.01. The van der Waals surface area contributed by atoms with Crippen LogP contribution in [0.1, 0.15) is 25.5 Å². The number of aliphatic hydroxyl groups excluding tert-OH is 1. The van der Waals surface area contributed by atoms with Crippen molar-refractivity contribution in [3.05, 3.63) is 29.6 Å². The molecular formula is C13H20FNO2. The molecule has 0 radical (unpaired) electrons. The van der Waals surface area contributed by atoms with Crippen LogP contribution in [0.2, 0.25) is 0 Å². The fourth-order valence-electron chi connectivity index (χ4n) is 1.94. The lowest BCUT2D eigenvalue weighted by Gasteiger charge is -2.26. The minimum absolute atomic E-state index is 0.0293. The summed E-state index contributed by atoms with van der Waals surface area (Å²) in [6, 6.07) is 3.82. The van der Waals surface area contributed by atoms with Crippen LogP contribution in [0.4, 0.5) is 4.39 Å². The van der Waals surface area contributed by atoms with Gasteiger partial charge in [0.25, 0.3) is 0 Å². The Bertz CT molecular complexity index is 368. The van der Waals surface area contributed by atoms with E-state index in [0.29, 0.717) is 11.3 Å². The Labute approximate surface area is 101 Å². The summed E-state index contributed by atoms with van der Waals surface area (Å²) in [7, 11) is 1.52. The predicted molar refractivity (Wildman–Crippen MR) is 65.3 cm³/mol. The van der Waals surface area contributed by atoms with Gasteiger partial charge in [-0.1, -0.05) is 13.8 Å². The molecule has 1 aromatic carbocycles. The van der Waals surface area contributed by atoms with Crippen molar-refractivity contribution >= 4 is 0 Å². The molecule has 0 aromatic heterocycles. The van der Waals surface area contributed by atoms with Crippen molar-refractivity contribution in [1.29, 1.82) is 0 Å². The van der Waals surface area contributed by atoms with Crippen LogP contribution in [-0.4, -0.2) is 18.8 Å². The van der Waals surface area contributed by atoms with Gasteiger partial charge in [0.15, 0.2) is 0 Å². The van der Waals surface area contributed by atoms with Crippen LogP contribution in [0, 0.1) is 17.7 Å². The molecule has 1 rings (SSSR count). The molecule has 4 heteroatoms. The number of ether oxygens (including phenoxy) is 1. The van der Waals surface area contributed by atoms with E-state index in [9.17, 15) is 9.50 Å². The second-order valence-corrected chi connectivity index (χ2v) is 4.50. The maximum atomic E-state index is 13.2. The molecule has 0 fully saturated rings. The van der Waals surface area contributed by atoms with E-state index >= 15 is 0 Å². The zero-order valence-electron chi connectivity index (χ0n) is 10.5. The lowest BCUT2D eigenvalue weighted by atomic mass is 9.85. The van der Waals surface area contributed by atoms with E-state index in [-0.39, 0.29) is 24.3 Å². The molecule has 3 N–H and O–H groups in total. The van der Waals surface area contributed by atoms with Crippen molar-refractivity contribution < 1.29 is 14.2 Å². The Balaban J connectivity index is 3.08. The maximum Gasteiger partial charge on any atom is 0.123 e. The van der Waals surface area contributed by atoms with Crippen LogP contribution < -0.4 is 10.5 Å². The van der Waals surface area contributed by atoms with Crippen molar-refractivity contribution in [2.75, 3.05) is 13.7 Å². The summed E-state index contributed by atoms with van der Waals surface area (Å²) in [5, 5.41) is 9.35. The van der Waals surface area contributed by atoms with Crippen LogP contribution in [0.3, 0.4) is 0 Å². The average Bonchev–Trinajstić information content (AvgIpc) is 2.29. The Morgan fingerprint density at radius 2 is 2.06 bits per heavy atom. The molecule has 0 heterocycles. The highest BCUT2D eigenvalue weighted by Gasteiger charge is 2.24. The quantitative estimate of drug-likeness (QED) is 0.830. The van der Waals surface area contributed by atoms with Crippen LogP contribution in [0.25, 0.3) is 0 Å². The molecule has 3 nitrogen and oxygen atoms in total. The standard InChI is InChI=1S/C13H20FNO2/c1-8(2)11(7-16)13(15)10-6-9(14)4-5-12(10)17-3/h4-6,8,11,13,16H,7,15H2,1-3H3. The van der Waals surface area contributed by atoms with Gasteiger partial charge in [-0.05, 0) is 24.1 Å². The Morgan fingerprint density at radius 1 is 1.41 bits per heavy atom. The first-order valence-electron chi connectivity index (χ1n) is 5.71. The summed E-state index contributed by atoms with van der Waals surface area (Å²) in [4.78, 5) is 0. The van der Waals surface area contributed by atoms with E-state index in [1.165, 1.54) is 19.2 Å². The number of hydrogen-bond acceptors (Lipinski definition) is 3. The maximum absolute atomic E-state index is 13.2. The van der Waals surface area contributed by atoms with Gasteiger partial charge in [0, 0.05) is 24.1 Å². The van der Waals surface area contributed by atoms with Crippen LogP contribution in [0.15, 0.2) is 18.2 Å². The summed E-state index contributed by atoms with van der Waals surface area (Å²) >= 11 is 0. The van der Waals surface area contributed by atoms with Crippen molar-refractivity contribution in [3.8, 4) is 5.75 Å². The smallest absolute Gasteiger partial charge is 0.123 e. The predicted octanol–water partition coefficient (Wildman–Crippen LogP) is 2.10. The van der Waals surface area contributed by atoms with Crippen LogP contribution >= 0.6 is 0 Å². The molecule has 17 heavy (non-hydrogen) atoms. The summed E-state index contributed by atoms with van der Waals surface area (Å²) in [6.07, 6.45) is 0. The topological polar surface area (TPSA) is 55.5 Å². The first-order valence-corrected chi connectivity index (χ1v) is 5.71. The minimum Gasteiger partial charge on any atom is -0.496 e. The van der Waals surface area contributed by atoms with Gasteiger partial charge in [-0.2, -0.15) is 0 Å². The summed E-state index contributed by atoms with van der Waals surface area (Å²) in [5.74, 6) is 0.295. The molecular weight excluding hydrogens is 221 g/mol. The van der Waals surface area contributed by atoms with Crippen molar-refractivity contribution in [3.63, 3.8) is 0 Å². The first kappa shape index (κ1) is 13.9. The lowest BCUT2D eigenvalue weighted by Crippen LogP contribution is -2.29.